The molecular weight excluding hydrogens is 386 g/mol. The van der Waals surface area contributed by atoms with Gasteiger partial charge in [0.05, 0.1) is 18.1 Å². The molecule has 1 aromatic carbocycles. The van der Waals surface area contributed by atoms with Crippen LogP contribution in [0.1, 0.15) is 17.4 Å². The van der Waals surface area contributed by atoms with E-state index in [9.17, 15) is 18.0 Å². The van der Waals surface area contributed by atoms with Gasteiger partial charge in [-0.2, -0.15) is 0 Å². The Balaban J connectivity index is 1.65. The van der Waals surface area contributed by atoms with Crippen molar-refractivity contribution < 1.29 is 22.7 Å². The lowest BCUT2D eigenvalue weighted by atomic mass is 10.3. The van der Waals surface area contributed by atoms with Gasteiger partial charge in [-0.05, 0) is 36.4 Å². The van der Waals surface area contributed by atoms with Crippen LogP contribution in [0, 0.1) is 0 Å². The zero-order chi connectivity index (χ0) is 20.1. The van der Waals surface area contributed by atoms with Gasteiger partial charge in [0.15, 0.2) is 11.5 Å². The highest BCUT2D eigenvalue weighted by atomic mass is 32.2. The molecule has 1 aliphatic heterocycles. The van der Waals surface area contributed by atoms with Crippen LogP contribution in [0.25, 0.3) is 0 Å². The predicted octanol–water partition coefficient (Wildman–Crippen LogP) is 0.390. The summed E-state index contributed by atoms with van der Waals surface area (Å²) in [5.74, 6) is -0.484. The van der Waals surface area contributed by atoms with Gasteiger partial charge in [-0.3, -0.25) is 9.59 Å². The molecule has 1 aliphatic rings. The number of morpholine rings is 1. The van der Waals surface area contributed by atoms with Crippen LogP contribution in [0.4, 0.5) is 11.5 Å². The Hall–Kier alpha value is -3.05. The number of hydrogen-bond acceptors (Lipinski definition) is 8. The molecule has 3 rings (SSSR count). The van der Waals surface area contributed by atoms with E-state index >= 15 is 0 Å². The summed E-state index contributed by atoms with van der Waals surface area (Å²) in [5, 5.41) is 10.7. The van der Waals surface area contributed by atoms with E-state index in [2.05, 4.69) is 15.5 Å². The molecule has 0 bridgehead atoms. The smallest absolute Gasteiger partial charge is 0.276 e. The van der Waals surface area contributed by atoms with Crippen LogP contribution in [-0.4, -0.2) is 56.7 Å². The fourth-order valence-electron chi connectivity index (χ4n) is 2.57. The molecule has 1 fully saturated rings. The third-order valence-corrected chi connectivity index (χ3v) is 5.37. The molecule has 28 heavy (non-hydrogen) atoms. The van der Waals surface area contributed by atoms with E-state index < -0.39 is 21.8 Å². The highest BCUT2D eigenvalue weighted by Gasteiger charge is 2.17. The number of hydrogen-bond donors (Lipinski definition) is 2. The van der Waals surface area contributed by atoms with Crippen LogP contribution in [0.15, 0.2) is 41.3 Å². The number of sulfonamides is 1. The highest BCUT2D eigenvalue weighted by molar-refractivity contribution is 7.90. The van der Waals surface area contributed by atoms with Gasteiger partial charge in [-0.25, -0.2) is 13.1 Å². The molecule has 2 N–H and O–H groups in total. The molecule has 0 unspecified atom stereocenters. The molecule has 1 aromatic heterocycles. The number of nitrogens with one attached hydrogen (secondary N) is 2. The fourth-order valence-corrected chi connectivity index (χ4v) is 3.56. The summed E-state index contributed by atoms with van der Waals surface area (Å²) < 4.78 is 31.0. The molecule has 10 nitrogen and oxygen atoms in total. The fraction of sp³-hybridized carbons (Fsp3) is 0.294. The van der Waals surface area contributed by atoms with Crippen molar-refractivity contribution in [2.45, 2.75) is 11.8 Å². The number of amides is 2. The number of carbonyl (C=O) groups excluding carboxylic acids is 2. The normalized spacial score (nSPS) is 14.4. The van der Waals surface area contributed by atoms with E-state index in [4.69, 9.17) is 4.74 Å². The molecule has 2 aromatic rings. The van der Waals surface area contributed by atoms with Gasteiger partial charge >= 0.3 is 0 Å². The SMILES string of the molecule is CC(=O)NS(=O)(=O)c1ccc(NC(=O)c2ccc(N3CCOCC3)nn2)cc1. The predicted molar refractivity (Wildman–Crippen MR) is 100 cm³/mol. The molecule has 2 heterocycles. The second kappa shape index (κ2) is 8.31. The Labute approximate surface area is 162 Å². The Morgan fingerprint density at radius 1 is 1.04 bits per heavy atom. The van der Waals surface area contributed by atoms with Gasteiger partial charge in [0.25, 0.3) is 15.9 Å². The van der Waals surface area contributed by atoms with Gasteiger partial charge in [0, 0.05) is 25.7 Å². The molecule has 0 saturated carbocycles. The molecular formula is C17H19N5O5S. The molecule has 2 amide bonds. The Morgan fingerprint density at radius 2 is 1.71 bits per heavy atom. The standard InChI is InChI=1S/C17H19N5O5S/c1-12(23)21-28(25,26)14-4-2-13(3-5-14)18-17(24)15-6-7-16(20-19-15)22-8-10-27-11-9-22/h2-7H,8-11H2,1H3,(H,18,24)(H,21,23). The maximum absolute atomic E-state index is 12.3. The Morgan fingerprint density at radius 3 is 2.29 bits per heavy atom. The number of carbonyl (C=O) groups is 2. The van der Waals surface area contributed by atoms with Crippen LogP contribution in [0.2, 0.25) is 0 Å². The summed E-state index contributed by atoms with van der Waals surface area (Å²) >= 11 is 0. The Kier molecular flexibility index (Phi) is 5.85. The number of aromatic nitrogens is 2. The number of anilines is 2. The van der Waals surface area contributed by atoms with Gasteiger partial charge in [0.2, 0.25) is 5.91 Å². The minimum Gasteiger partial charge on any atom is -0.378 e. The summed E-state index contributed by atoms with van der Waals surface area (Å²) in [6.07, 6.45) is 0. The molecule has 0 atom stereocenters. The van der Waals surface area contributed by atoms with Gasteiger partial charge < -0.3 is 15.0 Å². The summed E-state index contributed by atoms with van der Waals surface area (Å²) in [5.41, 5.74) is 0.512. The second-order valence-corrected chi connectivity index (χ2v) is 7.70. The summed E-state index contributed by atoms with van der Waals surface area (Å²) in [6.45, 7) is 3.79. The number of nitrogens with zero attached hydrogens (tertiary/aromatic N) is 3. The Bertz CT molecular complexity index is 954. The van der Waals surface area contributed by atoms with Gasteiger partial charge in [0.1, 0.15) is 0 Å². The zero-order valence-electron chi connectivity index (χ0n) is 15.1. The van der Waals surface area contributed by atoms with Crippen molar-refractivity contribution in [3.8, 4) is 0 Å². The third kappa shape index (κ3) is 4.81. The van der Waals surface area contributed by atoms with Crippen molar-refractivity contribution in [2.24, 2.45) is 0 Å². The minimum atomic E-state index is -3.92. The maximum atomic E-state index is 12.3. The molecule has 1 saturated heterocycles. The van der Waals surface area contributed by atoms with E-state index in [1.165, 1.54) is 24.3 Å². The van der Waals surface area contributed by atoms with E-state index in [1.807, 2.05) is 9.62 Å². The number of rotatable bonds is 5. The van der Waals surface area contributed by atoms with E-state index in [0.717, 1.165) is 6.92 Å². The first-order chi connectivity index (χ1) is 13.3. The number of ether oxygens (including phenoxy) is 1. The lowest BCUT2D eigenvalue weighted by molar-refractivity contribution is -0.117. The van der Waals surface area contributed by atoms with Crippen LogP contribution in [-0.2, 0) is 19.6 Å². The van der Waals surface area contributed by atoms with Crippen molar-refractivity contribution >= 4 is 33.3 Å². The quantitative estimate of drug-likeness (QED) is 0.731. The van der Waals surface area contributed by atoms with Gasteiger partial charge in [-0.1, -0.05) is 0 Å². The number of benzene rings is 1. The van der Waals surface area contributed by atoms with Crippen LogP contribution < -0.4 is 14.9 Å². The van der Waals surface area contributed by atoms with E-state index in [-0.39, 0.29) is 10.6 Å². The third-order valence-electron chi connectivity index (χ3n) is 3.92. The van der Waals surface area contributed by atoms with Crippen LogP contribution >= 0.6 is 0 Å². The molecule has 0 aliphatic carbocycles. The van der Waals surface area contributed by atoms with E-state index in [0.29, 0.717) is 37.8 Å². The first-order valence-corrected chi connectivity index (χ1v) is 9.95. The average molecular weight is 405 g/mol. The maximum Gasteiger partial charge on any atom is 0.276 e. The molecule has 0 spiro atoms. The van der Waals surface area contributed by atoms with Crippen LogP contribution in [0.5, 0.6) is 0 Å². The minimum absolute atomic E-state index is 0.0876. The van der Waals surface area contributed by atoms with Crippen LogP contribution in [0.3, 0.4) is 0 Å². The van der Waals surface area contributed by atoms with Crippen molar-refractivity contribution in [2.75, 3.05) is 36.5 Å². The lowest BCUT2D eigenvalue weighted by Gasteiger charge is -2.27. The summed E-state index contributed by atoms with van der Waals surface area (Å²) in [6, 6.07) is 8.70. The first kappa shape index (κ1) is 19.7. The second-order valence-electron chi connectivity index (χ2n) is 6.02. The summed E-state index contributed by atoms with van der Waals surface area (Å²) in [7, 11) is -3.92. The lowest BCUT2D eigenvalue weighted by Crippen LogP contribution is -2.37. The van der Waals surface area contributed by atoms with Crippen molar-refractivity contribution in [3.05, 3.63) is 42.1 Å². The summed E-state index contributed by atoms with van der Waals surface area (Å²) in [4.78, 5) is 25.2. The van der Waals surface area contributed by atoms with Crippen molar-refractivity contribution in [3.63, 3.8) is 0 Å². The molecule has 148 valence electrons. The molecule has 0 radical (unpaired) electrons. The largest absolute Gasteiger partial charge is 0.378 e. The van der Waals surface area contributed by atoms with Crippen molar-refractivity contribution in [1.29, 1.82) is 0 Å². The molecule has 11 heteroatoms. The van der Waals surface area contributed by atoms with Gasteiger partial charge in [-0.15, -0.1) is 10.2 Å². The zero-order valence-corrected chi connectivity index (χ0v) is 15.9. The average Bonchev–Trinajstić information content (AvgIpc) is 2.68. The monoisotopic (exact) mass is 405 g/mol. The van der Waals surface area contributed by atoms with Crippen molar-refractivity contribution in [1.82, 2.24) is 14.9 Å². The first-order valence-electron chi connectivity index (χ1n) is 8.46. The van der Waals surface area contributed by atoms with E-state index in [1.54, 1.807) is 12.1 Å². The highest BCUT2D eigenvalue weighted by Crippen LogP contribution is 2.16. The topological polar surface area (TPSA) is 131 Å².